The first kappa shape index (κ1) is 11.9. The summed E-state index contributed by atoms with van der Waals surface area (Å²) in [5, 5.41) is 3.28. The molecular formula is C12H22N2O2. The fraction of sp³-hybridized carbons (Fsp3) is 0.917. The smallest absolute Gasteiger partial charge is 0.229 e. The standard InChI is InChI=1S/C12H22N2O2/c1-10-8-14(6-3-7-16-10)11(15)12(2)4-5-13-9-12/h10,13H,3-9H2,1-2H3. The van der Waals surface area contributed by atoms with Crippen molar-refractivity contribution in [3.8, 4) is 0 Å². The molecule has 2 aliphatic heterocycles. The number of amides is 1. The van der Waals surface area contributed by atoms with E-state index in [1.54, 1.807) is 0 Å². The third-order valence-electron chi connectivity index (χ3n) is 3.62. The van der Waals surface area contributed by atoms with Crippen molar-refractivity contribution >= 4 is 5.91 Å². The van der Waals surface area contributed by atoms with Gasteiger partial charge >= 0.3 is 0 Å². The maximum Gasteiger partial charge on any atom is 0.229 e. The average molecular weight is 226 g/mol. The van der Waals surface area contributed by atoms with E-state index >= 15 is 0 Å². The first-order valence-corrected chi connectivity index (χ1v) is 6.23. The number of hydrogen-bond acceptors (Lipinski definition) is 3. The summed E-state index contributed by atoms with van der Waals surface area (Å²) in [6, 6.07) is 0. The molecule has 92 valence electrons. The summed E-state index contributed by atoms with van der Waals surface area (Å²) in [6.07, 6.45) is 2.08. The van der Waals surface area contributed by atoms with Gasteiger partial charge in [-0.1, -0.05) is 0 Å². The third-order valence-corrected chi connectivity index (χ3v) is 3.62. The average Bonchev–Trinajstić information content (AvgIpc) is 2.58. The normalized spacial score (nSPS) is 36.1. The number of hydrogen-bond donors (Lipinski definition) is 1. The summed E-state index contributed by atoms with van der Waals surface area (Å²) in [4.78, 5) is 14.4. The van der Waals surface area contributed by atoms with Crippen LogP contribution in [0.15, 0.2) is 0 Å². The van der Waals surface area contributed by atoms with Gasteiger partial charge in [0.1, 0.15) is 0 Å². The van der Waals surface area contributed by atoms with Gasteiger partial charge in [0.15, 0.2) is 0 Å². The molecule has 4 heteroatoms. The van der Waals surface area contributed by atoms with Gasteiger partial charge in [0.05, 0.1) is 11.5 Å². The van der Waals surface area contributed by atoms with E-state index in [0.29, 0.717) is 5.91 Å². The molecule has 1 N–H and O–H groups in total. The monoisotopic (exact) mass is 226 g/mol. The van der Waals surface area contributed by atoms with Crippen LogP contribution in [0.3, 0.4) is 0 Å². The zero-order valence-corrected chi connectivity index (χ0v) is 10.3. The lowest BCUT2D eigenvalue weighted by atomic mass is 9.88. The highest BCUT2D eigenvalue weighted by atomic mass is 16.5. The SMILES string of the molecule is CC1CN(C(=O)C2(C)CCNC2)CCCO1. The first-order valence-electron chi connectivity index (χ1n) is 6.23. The van der Waals surface area contributed by atoms with Crippen molar-refractivity contribution in [1.29, 1.82) is 0 Å². The van der Waals surface area contributed by atoms with Gasteiger partial charge in [-0.25, -0.2) is 0 Å². The van der Waals surface area contributed by atoms with E-state index in [-0.39, 0.29) is 11.5 Å². The Morgan fingerprint density at radius 3 is 3.06 bits per heavy atom. The Hall–Kier alpha value is -0.610. The van der Waals surface area contributed by atoms with Crippen LogP contribution in [0.5, 0.6) is 0 Å². The van der Waals surface area contributed by atoms with Crippen molar-refractivity contribution < 1.29 is 9.53 Å². The lowest BCUT2D eigenvalue weighted by Crippen LogP contribution is -2.45. The van der Waals surface area contributed by atoms with Crippen LogP contribution in [0.25, 0.3) is 0 Å². The fourth-order valence-electron chi connectivity index (χ4n) is 2.56. The van der Waals surface area contributed by atoms with Gasteiger partial charge in [-0.15, -0.1) is 0 Å². The number of nitrogens with one attached hydrogen (secondary N) is 1. The minimum Gasteiger partial charge on any atom is -0.377 e. The summed E-state index contributed by atoms with van der Waals surface area (Å²) < 4.78 is 5.57. The van der Waals surface area contributed by atoms with Crippen LogP contribution in [0.1, 0.15) is 26.7 Å². The lowest BCUT2D eigenvalue weighted by Gasteiger charge is -2.31. The molecule has 0 aromatic heterocycles. The Morgan fingerprint density at radius 2 is 2.38 bits per heavy atom. The Balaban J connectivity index is 2.02. The van der Waals surface area contributed by atoms with Gasteiger partial charge in [0.25, 0.3) is 0 Å². The predicted molar refractivity (Wildman–Crippen MR) is 62.2 cm³/mol. The van der Waals surface area contributed by atoms with E-state index in [1.807, 2.05) is 11.8 Å². The van der Waals surface area contributed by atoms with Gasteiger partial charge in [-0.3, -0.25) is 4.79 Å². The van der Waals surface area contributed by atoms with Crippen LogP contribution in [0.4, 0.5) is 0 Å². The zero-order chi connectivity index (χ0) is 11.6. The molecule has 2 fully saturated rings. The third kappa shape index (κ3) is 2.38. The molecule has 1 amide bonds. The summed E-state index contributed by atoms with van der Waals surface area (Å²) in [5.41, 5.74) is -0.190. The molecule has 0 aliphatic carbocycles. The Morgan fingerprint density at radius 1 is 1.56 bits per heavy atom. The van der Waals surface area contributed by atoms with Crippen LogP contribution in [-0.2, 0) is 9.53 Å². The van der Waals surface area contributed by atoms with Crippen molar-refractivity contribution in [3.63, 3.8) is 0 Å². The maximum absolute atomic E-state index is 12.5. The molecule has 0 saturated carbocycles. The van der Waals surface area contributed by atoms with Crippen molar-refractivity contribution in [1.82, 2.24) is 10.2 Å². The van der Waals surface area contributed by atoms with Gasteiger partial charge < -0.3 is 15.0 Å². The minimum absolute atomic E-state index is 0.171. The van der Waals surface area contributed by atoms with Gasteiger partial charge in [0.2, 0.25) is 5.91 Å². The van der Waals surface area contributed by atoms with Crippen molar-refractivity contribution in [2.24, 2.45) is 5.41 Å². The van der Waals surface area contributed by atoms with E-state index in [9.17, 15) is 4.79 Å². The van der Waals surface area contributed by atoms with E-state index < -0.39 is 0 Å². The Bertz CT molecular complexity index is 262. The molecule has 16 heavy (non-hydrogen) atoms. The molecule has 2 aliphatic rings. The number of carbonyl (C=O) groups excluding carboxylic acids is 1. The molecule has 4 nitrogen and oxygen atoms in total. The second-order valence-electron chi connectivity index (χ2n) is 5.27. The molecule has 0 aromatic carbocycles. The maximum atomic E-state index is 12.5. The molecule has 2 unspecified atom stereocenters. The van der Waals surface area contributed by atoms with E-state index in [4.69, 9.17) is 4.74 Å². The zero-order valence-electron chi connectivity index (χ0n) is 10.3. The summed E-state index contributed by atoms with van der Waals surface area (Å²) in [7, 11) is 0. The van der Waals surface area contributed by atoms with Crippen molar-refractivity contribution in [3.05, 3.63) is 0 Å². The van der Waals surface area contributed by atoms with Gasteiger partial charge in [0, 0.05) is 26.2 Å². The highest BCUT2D eigenvalue weighted by Crippen LogP contribution is 2.27. The summed E-state index contributed by atoms with van der Waals surface area (Å²) in [6.45, 7) is 8.26. The topological polar surface area (TPSA) is 41.6 Å². The highest BCUT2D eigenvalue weighted by molar-refractivity contribution is 5.83. The molecule has 0 spiro atoms. The molecule has 2 atom stereocenters. The number of nitrogens with zero attached hydrogens (tertiary/aromatic N) is 1. The summed E-state index contributed by atoms with van der Waals surface area (Å²) >= 11 is 0. The quantitative estimate of drug-likeness (QED) is 0.713. The van der Waals surface area contributed by atoms with Crippen molar-refractivity contribution in [2.45, 2.75) is 32.8 Å². The molecular weight excluding hydrogens is 204 g/mol. The second-order valence-corrected chi connectivity index (χ2v) is 5.27. The van der Waals surface area contributed by atoms with Gasteiger partial charge in [-0.2, -0.15) is 0 Å². The van der Waals surface area contributed by atoms with Crippen LogP contribution < -0.4 is 5.32 Å². The van der Waals surface area contributed by atoms with Crippen LogP contribution in [-0.4, -0.2) is 49.7 Å². The fourth-order valence-corrected chi connectivity index (χ4v) is 2.56. The van der Waals surface area contributed by atoms with Crippen LogP contribution in [0, 0.1) is 5.41 Å². The lowest BCUT2D eigenvalue weighted by molar-refractivity contribution is -0.140. The van der Waals surface area contributed by atoms with Crippen molar-refractivity contribution in [2.75, 3.05) is 32.8 Å². The largest absolute Gasteiger partial charge is 0.377 e. The van der Waals surface area contributed by atoms with E-state index in [0.717, 1.165) is 45.6 Å². The second kappa shape index (κ2) is 4.72. The molecule has 0 aromatic rings. The summed E-state index contributed by atoms with van der Waals surface area (Å²) in [5.74, 6) is 0.301. The predicted octanol–water partition coefficient (Wildman–Crippen LogP) is 0.623. The molecule has 2 saturated heterocycles. The van der Waals surface area contributed by atoms with E-state index in [2.05, 4.69) is 12.2 Å². The van der Waals surface area contributed by atoms with Gasteiger partial charge in [-0.05, 0) is 33.2 Å². The number of rotatable bonds is 1. The highest BCUT2D eigenvalue weighted by Gasteiger charge is 2.39. The Labute approximate surface area is 97.3 Å². The number of carbonyl (C=O) groups is 1. The van der Waals surface area contributed by atoms with E-state index in [1.165, 1.54) is 0 Å². The number of ether oxygens (including phenoxy) is 1. The van der Waals surface area contributed by atoms with Crippen LogP contribution >= 0.6 is 0 Å². The first-order chi connectivity index (χ1) is 7.62. The Kier molecular flexibility index (Phi) is 3.50. The molecule has 0 bridgehead atoms. The van der Waals surface area contributed by atoms with Crippen LogP contribution in [0.2, 0.25) is 0 Å². The molecule has 2 heterocycles. The minimum atomic E-state index is -0.190. The molecule has 2 rings (SSSR count). The molecule has 0 radical (unpaired) electrons.